The van der Waals surface area contributed by atoms with Crippen LogP contribution in [-0.4, -0.2) is 20.6 Å². The van der Waals surface area contributed by atoms with Crippen LogP contribution in [-0.2, 0) is 7.05 Å². The molecule has 140 valence electrons. The van der Waals surface area contributed by atoms with Crippen LogP contribution in [0.1, 0.15) is 25.2 Å². The van der Waals surface area contributed by atoms with Gasteiger partial charge in [-0.1, -0.05) is 37.3 Å². The van der Waals surface area contributed by atoms with Crippen LogP contribution in [0, 0.1) is 0 Å². The van der Waals surface area contributed by atoms with Crippen LogP contribution in [0.3, 0.4) is 0 Å². The summed E-state index contributed by atoms with van der Waals surface area (Å²) in [6, 6.07) is 10.6. The number of aromatic nitrogens is 3. The Labute approximate surface area is 165 Å². The second-order valence-electron chi connectivity index (χ2n) is 6.10. The maximum Gasteiger partial charge on any atom is 0.319 e. The first-order chi connectivity index (χ1) is 13.0. The number of carbonyl (C=O) groups is 1. The third kappa shape index (κ3) is 4.46. The molecule has 0 radical (unpaired) electrons. The number of H-pyrrole nitrogens is 1. The van der Waals surface area contributed by atoms with Crippen LogP contribution in [0.5, 0.6) is 0 Å². The number of nitrogens with zero attached hydrogens (tertiary/aromatic N) is 2. The number of benzene rings is 1. The molecule has 0 aliphatic carbocycles. The number of amides is 2. The highest BCUT2D eigenvalue weighted by Crippen LogP contribution is 2.20. The molecule has 0 bridgehead atoms. The lowest BCUT2D eigenvalue weighted by atomic mass is 10.2. The zero-order chi connectivity index (χ0) is 19.4. The molecule has 3 rings (SSSR count). The smallest absolute Gasteiger partial charge is 0.319 e. The minimum atomic E-state index is -0.463. The minimum Gasteiger partial charge on any atom is -0.340 e. The van der Waals surface area contributed by atoms with E-state index in [2.05, 4.69) is 36.5 Å². The van der Waals surface area contributed by atoms with Gasteiger partial charge in [0.25, 0.3) is 5.56 Å². The SMILES string of the molecule is CCC(NC(=O)Nc1cc(Br)cn(C)c1=O)c1ncc(-c2ccccc2)[nH]1. The molecule has 2 heterocycles. The van der Waals surface area contributed by atoms with Crippen molar-refractivity contribution in [2.75, 3.05) is 5.32 Å². The summed E-state index contributed by atoms with van der Waals surface area (Å²) in [6.07, 6.45) is 4.02. The second kappa shape index (κ2) is 8.22. The third-order valence-corrected chi connectivity index (χ3v) is 4.56. The molecule has 3 aromatic rings. The summed E-state index contributed by atoms with van der Waals surface area (Å²) in [6.45, 7) is 1.95. The van der Waals surface area contributed by atoms with Gasteiger partial charge in [0.2, 0.25) is 0 Å². The van der Waals surface area contributed by atoms with E-state index in [4.69, 9.17) is 0 Å². The van der Waals surface area contributed by atoms with Crippen LogP contribution in [0.25, 0.3) is 11.3 Å². The molecule has 7 nitrogen and oxygen atoms in total. The molecule has 0 aliphatic rings. The molecule has 0 fully saturated rings. The number of rotatable bonds is 5. The fraction of sp³-hybridized carbons (Fsp3) is 0.211. The van der Waals surface area contributed by atoms with Crippen molar-refractivity contribution in [1.82, 2.24) is 19.9 Å². The maximum absolute atomic E-state index is 12.4. The van der Waals surface area contributed by atoms with Gasteiger partial charge in [0.1, 0.15) is 11.5 Å². The largest absolute Gasteiger partial charge is 0.340 e. The Balaban J connectivity index is 1.73. The molecule has 0 saturated carbocycles. The molecule has 1 unspecified atom stereocenters. The number of halogens is 1. The molecule has 8 heteroatoms. The normalized spacial score (nSPS) is 11.8. The van der Waals surface area contributed by atoms with E-state index in [1.54, 1.807) is 25.5 Å². The Kier molecular flexibility index (Phi) is 5.75. The Morgan fingerprint density at radius 2 is 2.07 bits per heavy atom. The first-order valence-electron chi connectivity index (χ1n) is 8.52. The Bertz CT molecular complexity index is 997. The monoisotopic (exact) mass is 429 g/mol. The lowest BCUT2D eigenvalue weighted by Crippen LogP contribution is -2.35. The van der Waals surface area contributed by atoms with E-state index in [0.717, 1.165) is 11.3 Å². The predicted molar refractivity (Wildman–Crippen MR) is 109 cm³/mol. The molecule has 1 atom stereocenters. The zero-order valence-electron chi connectivity index (χ0n) is 15.0. The van der Waals surface area contributed by atoms with Gasteiger partial charge in [0.05, 0.1) is 17.9 Å². The van der Waals surface area contributed by atoms with Crippen molar-refractivity contribution in [3.8, 4) is 11.3 Å². The van der Waals surface area contributed by atoms with Gasteiger partial charge >= 0.3 is 6.03 Å². The van der Waals surface area contributed by atoms with Crippen LogP contribution in [0.15, 0.2) is 58.1 Å². The highest BCUT2D eigenvalue weighted by molar-refractivity contribution is 9.10. The van der Waals surface area contributed by atoms with Crippen molar-refractivity contribution < 1.29 is 4.79 Å². The summed E-state index contributed by atoms with van der Waals surface area (Å²) < 4.78 is 2.10. The summed E-state index contributed by atoms with van der Waals surface area (Å²) >= 11 is 3.32. The number of hydrogen-bond acceptors (Lipinski definition) is 3. The summed E-state index contributed by atoms with van der Waals surface area (Å²) in [5, 5.41) is 5.47. The Morgan fingerprint density at radius 3 is 2.78 bits per heavy atom. The fourth-order valence-corrected chi connectivity index (χ4v) is 3.25. The van der Waals surface area contributed by atoms with Gasteiger partial charge in [-0.25, -0.2) is 9.78 Å². The predicted octanol–water partition coefficient (Wildman–Crippen LogP) is 3.81. The van der Waals surface area contributed by atoms with Crippen molar-refractivity contribution in [1.29, 1.82) is 0 Å². The maximum atomic E-state index is 12.4. The van der Waals surface area contributed by atoms with Crippen molar-refractivity contribution in [3.05, 3.63) is 69.4 Å². The number of aryl methyl sites for hydroxylation is 1. The molecule has 0 spiro atoms. The van der Waals surface area contributed by atoms with Gasteiger partial charge in [-0.05, 0) is 34.0 Å². The summed E-state index contributed by atoms with van der Waals surface area (Å²) in [7, 11) is 1.62. The average molecular weight is 430 g/mol. The molecular formula is C19H20BrN5O2. The van der Waals surface area contributed by atoms with Crippen LogP contribution >= 0.6 is 15.9 Å². The highest BCUT2D eigenvalue weighted by atomic mass is 79.9. The molecule has 0 saturated heterocycles. The summed E-state index contributed by atoms with van der Waals surface area (Å²) in [5.74, 6) is 0.661. The summed E-state index contributed by atoms with van der Waals surface area (Å²) in [5.41, 5.74) is 1.81. The van der Waals surface area contributed by atoms with E-state index in [0.29, 0.717) is 16.7 Å². The van der Waals surface area contributed by atoms with E-state index in [1.807, 2.05) is 37.3 Å². The van der Waals surface area contributed by atoms with E-state index in [9.17, 15) is 9.59 Å². The highest BCUT2D eigenvalue weighted by Gasteiger charge is 2.17. The van der Waals surface area contributed by atoms with Gasteiger partial charge in [-0.15, -0.1) is 0 Å². The molecule has 2 aromatic heterocycles. The van der Waals surface area contributed by atoms with E-state index in [-0.39, 0.29) is 17.3 Å². The van der Waals surface area contributed by atoms with Crippen molar-refractivity contribution in [3.63, 3.8) is 0 Å². The van der Waals surface area contributed by atoms with Crippen LogP contribution < -0.4 is 16.2 Å². The Hall–Kier alpha value is -2.87. The number of anilines is 1. The van der Waals surface area contributed by atoms with Crippen molar-refractivity contribution >= 4 is 27.6 Å². The lowest BCUT2D eigenvalue weighted by Gasteiger charge is -2.15. The zero-order valence-corrected chi connectivity index (χ0v) is 16.6. The Morgan fingerprint density at radius 1 is 1.33 bits per heavy atom. The number of pyridine rings is 1. The van der Waals surface area contributed by atoms with Gasteiger partial charge < -0.3 is 20.2 Å². The molecule has 3 N–H and O–H groups in total. The molecule has 27 heavy (non-hydrogen) atoms. The third-order valence-electron chi connectivity index (χ3n) is 4.12. The van der Waals surface area contributed by atoms with E-state index < -0.39 is 6.03 Å². The fourth-order valence-electron chi connectivity index (χ4n) is 2.72. The number of aromatic amines is 1. The van der Waals surface area contributed by atoms with Gasteiger partial charge in [0, 0.05) is 17.7 Å². The summed E-state index contributed by atoms with van der Waals surface area (Å²) in [4.78, 5) is 32.2. The standard InChI is InChI=1S/C19H20BrN5O2/c1-3-14(17-21-10-16(22-17)12-7-5-4-6-8-12)23-19(27)24-15-9-13(20)11-25(2)18(15)26/h4-11,14H,3H2,1-2H3,(H,21,22)(H2,23,24,27). The number of carbonyl (C=O) groups excluding carboxylic acids is 1. The van der Waals surface area contributed by atoms with Gasteiger partial charge in [0.15, 0.2) is 0 Å². The molecule has 1 aromatic carbocycles. The van der Waals surface area contributed by atoms with Crippen molar-refractivity contribution in [2.45, 2.75) is 19.4 Å². The van der Waals surface area contributed by atoms with E-state index >= 15 is 0 Å². The second-order valence-corrected chi connectivity index (χ2v) is 7.01. The first-order valence-corrected chi connectivity index (χ1v) is 9.31. The molecular weight excluding hydrogens is 410 g/mol. The van der Waals surface area contributed by atoms with Crippen molar-refractivity contribution in [2.24, 2.45) is 7.05 Å². The van der Waals surface area contributed by atoms with Gasteiger partial charge in [-0.3, -0.25) is 4.79 Å². The van der Waals surface area contributed by atoms with Gasteiger partial charge in [-0.2, -0.15) is 0 Å². The molecule has 0 aliphatic heterocycles. The lowest BCUT2D eigenvalue weighted by molar-refractivity contribution is 0.247. The minimum absolute atomic E-state index is 0.198. The average Bonchev–Trinajstić information content (AvgIpc) is 3.14. The number of hydrogen-bond donors (Lipinski definition) is 3. The first kappa shape index (κ1) is 18.9. The quantitative estimate of drug-likeness (QED) is 0.575. The van der Waals surface area contributed by atoms with Crippen LogP contribution in [0.4, 0.5) is 10.5 Å². The topological polar surface area (TPSA) is 91.8 Å². The number of nitrogens with one attached hydrogen (secondary N) is 3. The molecule has 2 amide bonds. The van der Waals surface area contributed by atoms with E-state index in [1.165, 1.54) is 4.57 Å². The van der Waals surface area contributed by atoms with Crippen LogP contribution in [0.2, 0.25) is 0 Å². The number of urea groups is 1. The number of imidazole rings is 1.